The Bertz CT molecular complexity index is 147. The maximum atomic E-state index is 3.53. The van der Waals surface area contributed by atoms with Crippen molar-refractivity contribution in [3.63, 3.8) is 0 Å². The fourth-order valence-corrected chi connectivity index (χ4v) is 1.13. The molecular formula is C12H20. The summed E-state index contributed by atoms with van der Waals surface area (Å²) in [7, 11) is 0. The minimum atomic E-state index is 1.15. The summed E-state index contributed by atoms with van der Waals surface area (Å²) in [5, 5.41) is 0. The molecule has 0 bridgehead atoms. The standard InChI is InChI=1S/C12H20/c1-3-5-7-9-11-12-10-8-6-4-2/h4-6H,1,7-12H2,2H3. The van der Waals surface area contributed by atoms with Crippen molar-refractivity contribution in [2.24, 2.45) is 0 Å². The molecule has 12 heavy (non-hydrogen) atoms. The molecule has 0 spiro atoms. The quantitative estimate of drug-likeness (QED) is 0.300. The van der Waals surface area contributed by atoms with Crippen LogP contribution in [0.15, 0.2) is 30.5 Å². The van der Waals surface area contributed by atoms with E-state index in [0.717, 1.165) is 6.42 Å². The summed E-state index contributed by atoms with van der Waals surface area (Å²) in [5.41, 5.74) is 2.79. The van der Waals surface area contributed by atoms with E-state index in [9.17, 15) is 0 Å². The van der Waals surface area contributed by atoms with E-state index in [4.69, 9.17) is 0 Å². The van der Waals surface area contributed by atoms with Crippen LogP contribution in [0.5, 0.6) is 0 Å². The summed E-state index contributed by atoms with van der Waals surface area (Å²) in [6.45, 7) is 5.61. The van der Waals surface area contributed by atoms with Gasteiger partial charge in [0.1, 0.15) is 0 Å². The summed E-state index contributed by atoms with van der Waals surface area (Å²) < 4.78 is 0. The molecule has 0 saturated heterocycles. The average Bonchev–Trinajstić information content (AvgIpc) is 2.10. The molecule has 0 unspecified atom stereocenters. The van der Waals surface area contributed by atoms with Crippen LogP contribution < -0.4 is 0 Å². The van der Waals surface area contributed by atoms with E-state index in [1.807, 2.05) is 6.08 Å². The lowest BCUT2D eigenvalue weighted by Crippen LogP contribution is -1.76. The van der Waals surface area contributed by atoms with Crippen LogP contribution >= 0.6 is 0 Å². The van der Waals surface area contributed by atoms with Crippen LogP contribution in [-0.4, -0.2) is 0 Å². The summed E-state index contributed by atoms with van der Waals surface area (Å²) in [6, 6.07) is 0. The molecular weight excluding hydrogens is 144 g/mol. The van der Waals surface area contributed by atoms with Gasteiger partial charge in [0.25, 0.3) is 0 Å². The fourth-order valence-electron chi connectivity index (χ4n) is 1.13. The monoisotopic (exact) mass is 164 g/mol. The van der Waals surface area contributed by atoms with Crippen molar-refractivity contribution >= 4 is 0 Å². The van der Waals surface area contributed by atoms with Gasteiger partial charge in [-0.15, -0.1) is 5.73 Å². The first-order chi connectivity index (χ1) is 5.91. The first kappa shape index (κ1) is 11.3. The maximum absolute atomic E-state index is 3.53. The van der Waals surface area contributed by atoms with Gasteiger partial charge in [-0.3, -0.25) is 0 Å². The molecule has 0 heterocycles. The van der Waals surface area contributed by atoms with Crippen LogP contribution in [0, 0.1) is 0 Å². The topological polar surface area (TPSA) is 0 Å². The molecule has 0 aromatic rings. The van der Waals surface area contributed by atoms with E-state index in [-0.39, 0.29) is 0 Å². The smallest absolute Gasteiger partial charge is 0.0275 e. The highest BCUT2D eigenvalue weighted by molar-refractivity contribution is 4.77. The number of hydrogen-bond acceptors (Lipinski definition) is 0. The molecule has 0 N–H and O–H groups in total. The highest BCUT2D eigenvalue weighted by Gasteiger charge is 1.86. The van der Waals surface area contributed by atoms with Gasteiger partial charge in [-0.2, -0.15) is 0 Å². The average molecular weight is 164 g/mol. The Morgan fingerprint density at radius 1 is 1.08 bits per heavy atom. The second kappa shape index (κ2) is 10.3. The number of hydrogen-bond donors (Lipinski definition) is 0. The van der Waals surface area contributed by atoms with Crippen LogP contribution in [0.1, 0.15) is 45.4 Å². The van der Waals surface area contributed by atoms with E-state index in [0.29, 0.717) is 0 Å². The molecule has 0 heteroatoms. The largest absolute Gasteiger partial charge is 0.133 e. The fraction of sp³-hybridized carbons (Fsp3) is 0.583. The van der Waals surface area contributed by atoms with Crippen molar-refractivity contribution in [1.29, 1.82) is 0 Å². The second-order valence-corrected chi connectivity index (χ2v) is 2.97. The van der Waals surface area contributed by atoms with Crippen LogP contribution in [-0.2, 0) is 0 Å². The zero-order valence-corrected chi connectivity index (χ0v) is 8.18. The molecule has 0 nitrogen and oxygen atoms in total. The van der Waals surface area contributed by atoms with Gasteiger partial charge in [-0.05, 0) is 38.7 Å². The van der Waals surface area contributed by atoms with Crippen LogP contribution in [0.2, 0.25) is 0 Å². The van der Waals surface area contributed by atoms with Gasteiger partial charge in [0.2, 0.25) is 0 Å². The Labute approximate surface area is 76.7 Å². The molecule has 0 amide bonds. The third-order valence-electron chi connectivity index (χ3n) is 1.85. The number of rotatable bonds is 7. The Morgan fingerprint density at radius 3 is 2.33 bits per heavy atom. The predicted octanol–water partition coefficient (Wildman–Crippen LogP) is 4.24. The minimum Gasteiger partial charge on any atom is -0.133 e. The van der Waals surface area contributed by atoms with E-state index in [2.05, 4.69) is 31.4 Å². The van der Waals surface area contributed by atoms with E-state index < -0.39 is 0 Å². The zero-order valence-electron chi connectivity index (χ0n) is 8.18. The van der Waals surface area contributed by atoms with Gasteiger partial charge in [0.15, 0.2) is 0 Å². The van der Waals surface area contributed by atoms with E-state index in [1.54, 1.807) is 0 Å². The van der Waals surface area contributed by atoms with Gasteiger partial charge in [-0.25, -0.2) is 0 Å². The summed E-state index contributed by atoms with van der Waals surface area (Å²) in [6.07, 6.45) is 14.1. The molecule has 0 atom stereocenters. The van der Waals surface area contributed by atoms with Gasteiger partial charge < -0.3 is 0 Å². The molecule has 0 aliphatic carbocycles. The van der Waals surface area contributed by atoms with Crippen molar-refractivity contribution in [2.45, 2.75) is 45.4 Å². The summed E-state index contributed by atoms with van der Waals surface area (Å²) in [4.78, 5) is 0. The molecule has 0 aliphatic heterocycles. The van der Waals surface area contributed by atoms with Gasteiger partial charge in [0, 0.05) is 0 Å². The van der Waals surface area contributed by atoms with Crippen molar-refractivity contribution in [3.8, 4) is 0 Å². The Morgan fingerprint density at radius 2 is 1.75 bits per heavy atom. The first-order valence-corrected chi connectivity index (χ1v) is 4.87. The molecule has 0 aromatic carbocycles. The Hall–Kier alpha value is -0.740. The first-order valence-electron chi connectivity index (χ1n) is 4.87. The molecule has 0 aliphatic rings. The van der Waals surface area contributed by atoms with Gasteiger partial charge in [-0.1, -0.05) is 31.6 Å². The van der Waals surface area contributed by atoms with Crippen LogP contribution in [0.25, 0.3) is 0 Å². The molecule has 0 radical (unpaired) electrons. The lowest BCUT2D eigenvalue weighted by Gasteiger charge is -1.95. The molecule has 0 aromatic heterocycles. The van der Waals surface area contributed by atoms with Gasteiger partial charge in [0.05, 0.1) is 0 Å². The van der Waals surface area contributed by atoms with E-state index in [1.165, 1.54) is 32.1 Å². The molecule has 0 fully saturated rings. The van der Waals surface area contributed by atoms with Crippen LogP contribution in [0.3, 0.4) is 0 Å². The third-order valence-corrected chi connectivity index (χ3v) is 1.85. The minimum absolute atomic E-state index is 1.15. The number of unbranched alkanes of at least 4 members (excludes halogenated alkanes) is 5. The van der Waals surface area contributed by atoms with Crippen molar-refractivity contribution < 1.29 is 0 Å². The molecule has 0 rings (SSSR count). The lowest BCUT2D eigenvalue weighted by molar-refractivity contribution is 0.652. The third kappa shape index (κ3) is 9.26. The lowest BCUT2D eigenvalue weighted by atomic mass is 10.1. The Kier molecular flexibility index (Phi) is 9.63. The highest BCUT2D eigenvalue weighted by Crippen LogP contribution is 2.05. The molecule has 0 saturated carbocycles. The van der Waals surface area contributed by atoms with E-state index >= 15 is 0 Å². The molecule has 68 valence electrons. The highest BCUT2D eigenvalue weighted by atomic mass is 13.9. The van der Waals surface area contributed by atoms with Crippen molar-refractivity contribution in [3.05, 3.63) is 30.5 Å². The van der Waals surface area contributed by atoms with Crippen molar-refractivity contribution in [1.82, 2.24) is 0 Å². The summed E-state index contributed by atoms with van der Waals surface area (Å²) in [5.74, 6) is 0. The van der Waals surface area contributed by atoms with Gasteiger partial charge >= 0.3 is 0 Å². The normalized spacial score (nSPS) is 10.1. The maximum Gasteiger partial charge on any atom is -0.0275 e. The second-order valence-electron chi connectivity index (χ2n) is 2.97. The van der Waals surface area contributed by atoms with Crippen molar-refractivity contribution in [2.75, 3.05) is 0 Å². The SMILES string of the molecule is C=C=CCCCCCCC=CC. The summed E-state index contributed by atoms with van der Waals surface area (Å²) >= 11 is 0. The zero-order chi connectivity index (χ0) is 9.07. The predicted molar refractivity (Wildman–Crippen MR) is 56.2 cm³/mol. The van der Waals surface area contributed by atoms with Crippen LogP contribution in [0.4, 0.5) is 0 Å². The number of allylic oxidation sites excluding steroid dienone is 3. The Balaban J connectivity index is 2.95.